The first-order valence-corrected chi connectivity index (χ1v) is 8.45. The molecular formula is C18H21NO3S. The lowest BCUT2D eigenvalue weighted by Gasteiger charge is -2.05. The summed E-state index contributed by atoms with van der Waals surface area (Å²) >= 11 is 1.47. The molecule has 4 nitrogen and oxygen atoms in total. The van der Waals surface area contributed by atoms with Crippen molar-refractivity contribution < 1.29 is 14.7 Å². The Morgan fingerprint density at radius 2 is 1.74 bits per heavy atom. The van der Waals surface area contributed by atoms with Gasteiger partial charge in [0.15, 0.2) is 5.78 Å². The maximum atomic E-state index is 11.9. The number of carbonyl (C=O) groups excluding carboxylic acids is 2. The molecule has 2 rings (SSSR count). The van der Waals surface area contributed by atoms with Crippen molar-refractivity contribution in [3.63, 3.8) is 0 Å². The molecule has 0 spiro atoms. The Balaban J connectivity index is 1.67. The summed E-state index contributed by atoms with van der Waals surface area (Å²) < 4.78 is 0. The number of Topliss-reactive ketones (excluding diaryl/α,β-unsaturated/α-hetero) is 1. The van der Waals surface area contributed by atoms with E-state index in [1.807, 2.05) is 43.3 Å². The molecule has 1 aromatic carbocycles. The molecule has 122 valence electrons. The number of aliphatic hydroxyl groups excluding tert-OH is 1. The highest BCUT2D eigenvalue weighted by atomic mass is 32.1. The van der Waals surface area contributed by atoms with Crippen LogP contribution in [0.1, 0.15) is 38.5 Å². The smallest absolute Gasteiger partial charge is 0.220 e. The number of hydrogen-bond acceptors (Lipinski definition) is 4. The van der Waals surface area contributed by atoms with Crippen molar-refractivity contribution in [2.45, 2.75) is 32.8 Å². The second-order valence-electron chi connectivity index (χ2n) is 5.41. The van der Waals surface area contributed by atoms with E-state index in [0.717, 1.165) is 27.3 Å². The first-order valence-electron chi connectivity index (χ1n) is 7.63. The molecule has 0 saturated carbocycles. The lowest BCUT2D eigenvalue weighted by molar-refractivity contribution is -0.121. The molecule has 5 heteroatoms. The summed E-state index contributed by atoms with van der Waals surface area (Å²) in [6.07, 6.45) is 1.20. The Hall–Kier alpha value is -1.98. The van der Waals surface area contributed by atoms with E-state index in [9.17, 15) is 9.59 Å². The van der Waals surface area contributed by atoms with Crippen molar-refractivity contribution in [3.05, 3.63) is 57.3 Å². The molecular weight excluding hydrogens is 310 g/mol. The summed E-state index contributed by atoms with van der Waals surface area (Å²) in [7, 11) is 0. The van der Waals surface area contributed by atoms with Crippen LogP contribution in [0.3, 0.4) is 0 Å². The zero-order valence-corrected chi connectivity index (χ0v) is 14.0. The molecule has 2 aromatic rings. The molecule has 0 saturated heterocycles. The number of benzene rings is 1. The number of aryl methyl sites for hydroxylation is 1. The lowest BCUT2D eigenvalue weighted by Crippen LogP contribution is -2.26. The average molecular weight is 331 g/mol. The Kier molecular flexibility index (Phi) is 6.50. The maximum Gasteiger partial charge on any atom is 0.220 e. The van der Waals surface area contributed by atoms with Gasteiger partial charge in [0.2, 0.25) is 5.91 Å². The van der Waals surface area contributed by atoms with E-state index in [1.165, 1.54) is 11.3 Å². The summed E-state index contributed by atoms with van der Waals surface area (Å²) in [6.45, 7) is 2.54. The van der Waals surface area contributed by atoms with Crippen molar-refractivity contribution in [1.82, 2.24) is 5.32 Å². The Morgan fingerprint density at radius 3 is 2.35 bits per heavy atom. The summed E-state index contributed by atoms with van der Waals surface area (Å²) in [4.78, 5) is 25.5. The number of hydrogen-bond donors (Lipinski definition) is 2. The first-order chi connectivity index (χ1) is 11.1. The molecule has 0 aliphatic rings. The van der Waals surface area contributed by atoms with E-state index in [4.69, 9.17) is 5.11 Å². The average Bonchev–Trinajstić information content (AvgIpc) is 3.00. The zero-order chi connectivity index (χ0) is 16.7. The SMILES string of the molecule is Cc1ccc(C(=O)CCC(=O)NCCc2ccc(CO)cc2)s1. The Morgan fingerprint density at radius 1 is 1.04 bits per heavy atom. The molecule has 0 aliphatic carbocycles. The van der Waals surface area contributed by atoms with Crippen LogP contribution >= 0.6 is 11.3 Å². The van der Waals surface area contributed by atoms with E-state index in [0.29, 0.717) is 6.54 Å². The zero-order valence-electron chi connectivity index (χ0n) is 13.2. The monoisotopic (exact) mass is 331 g/mol. The first kappa shape index (κ1) is 17.4. The third kappa shape index (κ3) is 5.62. The van der Waals surface area contributed by atoms with Gasteiger partial charge in [-0.05, 0) is 36.6 Å². The van der Waals surface area contributed by atoms with Crippen molar-refractivity contribution >= 4 is 23.0 Å². The molecule has 0 atom stereocenters. The van der Waals surface area contributed by atoms with Gasteiger partial charge in [-0.2, -0.15) is 0 Å². The molecule has 2 N–H and O–H groups in total. The highest BCUT2D eigenvalue weighted by molar-refractivity contribution is 7.14. The van der Waals surface area contributed by atoms with Crippen LogP contribution in [0.15, 0.2) is 36.4 Å². The molecule has 0 aliphatic heterocycles. The van der Waals surface area contributed by atoms with Crippen LogP contribution in [-0.2, 0) is 17.8 Å². The molecule has 0 fully saturated rings. The predicted octanol–water partition coefficient (Wildman–Crippen LogP) is 2.87. The molecule has 1 amide bonds. The maximum absolute atomic E-state index is 11.9. The van der Waals surface area contributed by atoms with Crippen LogP contribution in [0.5, 0.6) is 0 Å². The number of nitrogens with one attached hydrogen (secondary N) is 1. The van der Waals surface area contributed by atoms with Gasteiger partial charge in [-0.3, -0.25) is 9.59 Å². The van der Waals surface area contributed by atoms with E-state index < -0.39 is 0 Å². The Labute approximate surface area is 140 Å². The summed E-state index contributed by atoms with van der Waals surface area (Å²) in [6, 6.07) is 11.4. The van der Waals surface area contributed by atoms with Gasteiger partial charge in [0.1, 0.15) is 0 Å². The van der Waals surface area contributed by atoms with Gasteiger partial charge < -0.3 is 10.4 Å². The third-order valence-electron chi connectivity index (χ3n) is 3.54. The topological polar surface area (TPSA) is 66.4 Å². The number of aliphatic hydroxyl groups is 1. The summed E-state index contributed by atoms with van der Waals surface area (Å²) in [5, 5.41) is 11.8. The molecule has 0 bridgehead atoms. The minimum absolute atomic E-state index is 0.0258. The van der Waals surface area contributed by atoms with E-state index in [-0.39, 0.29) is 31.1 Å². The minimum atomic E-state index is -0.0985. The van der Waals surface area contributed by atoms with Crippen molar-refractivity contribution in [2.75, 3.05) is 6.54 Å². The number of amides is 1. The minimum Gasteiger partial charge on any atom is -0.392 e. The van der Waals surface area contributed by atoms with Crippen LogP contribution in [0.4, 0.5) is 0 Å². The third-order valence-corrected chi connectivity index (χ3v) is 4.58. The second-order valence-corrected chi connectivity index (χ2v) is 6.70. The highest BCUT2D eigenvalue weighted by Gasteiger charge is 2.10. The highest BCUT2D eigenvalue weighted by Crippen LogP contribution is 2.17. The number of ketones is 1. The molecule has 23 heavy (non-hydrogen) atoms. The van der Waals surface area contributed by atoms with Gasteiger partial charge in [-0.15, -0.1) is 11.3 Å². The number of thiophene rings is 1. The second kappa shape index (κ2) is 8.60. The van der Waals surface area contributed by atoms with Crippen LogP contribution in [0.25, 0.3) is 0 Å². The largest absolute Gasteiger partial charge is 0.392 e. The fourth-order valence-electron chi connectivity index (χ4n) is 2.18. The van der Waals surface area contributed by atoms with Gasteiger partial charge in [-0.25, -0.2) is 0 Å². The Bertz CT molecular complexity index is 661. The summed E-state index contributed by atoms with van der Waals surface area (Å²) in [5.41, 5.74) is 1.98. The van der Waals surface area contributed by atoms with Gasteiger partial charge >= 0.3 is 0 Å². The van der Waals surface area contributed by atoms with Crippen molar-refractivity contribution in [1.29, 1.82) is 0 Å². The molecule has 0 unspecified atom stereocenters. The predicted molar refractivity (Wildman–Crippen MR) is 91.7 cm³/mol. The standard InChI is InChI=1S/C18H21NO3S/c1-13-2-8-17(23-13)16(21)7-9-18(22)19-11-10-14-3-5-15(12-20)6-4-14/h2-6,8,20H,7,9-12H2,1H3,(H,19,22). The van der Waals surface area contributed by atoms with Gasteiger partial charge in [0, 0.05) is 24.3 Å². The van der Waals surface area contributed by atoms with Gasteiger partial charge in [0.05, 0.1) is 11.5 Å². The van der Waals surface area contributed by atoms with E-state index in [2.05, 4.69) is 5.32 Å². The van der Waals surface area contributed by atoms with Gasteiger partial charge in [-0.1, -0.05) is 24.3 Å². The van der Waals surface area contributed by atoms with Crippen LogP contribution in [0, 0.1) is 6.92 Å². The fourth-order valence-corrected chi connectivity index (χ4v) is 3.02. The quantitative estimate of drug-likeness (QED) is 0.731. The molecule has 1 heterocycles. The lowest BCUT2D eigenvalue weighted by atomic mass is 10.1. The molecule has 1 aromatic heterocycles. The van der Waals surface area contributed by atoms with Crippen molar-refractivity contribution in [3.8, 4) is 0 Å². The van der Waals surface area contributed by atoms with Crippen LogP contribution in [-0.4, -0.2) is 23.3 Å². The van der Waals surface area contributed by atoms with Crippen molar-refractivity contribution in [2.24, 2.45) is 0 Å². The number of carbonyl (C=O) groups is 2. The van der Waals surface area contributed by atoms with Crippen LogP contribution < -0.4 is 5.32 Å². The van der Waals surface area contributed by atoms with E-state index >= 15 is 0 Å². The van der Waals surface area contributed by atoms with E-state index in [1.54, 1.807) is 0 Å². The summed E-state index contributed by atoms with van der Waals surface area (Å²) in [5.74, 6) is -0.0727. The van der Waals surface area contributed by atoms with Crippen LogP contribution in [0.2, 0.25) is 0 Å². The van der Waals surface area contributed by atoms with Gasteiger partial charge in [0.25, 0.3) is 0 Å². The molecule has 0 radical (unpaired) electrons. The number of rotatable bonds is 8. The fraction of sp³-hybridized carbons (Fsp3) is 0.333. The normalized spacial score (nSPS) is 10.5.